The third-order valence-corrected chi connectivity index (χ3v) is 3.70. The first kappa shape index (κ1) is 14.6. The first-order valence-electron chi connectivity index (χ1n) is 6.76. The van der Waals surface area contributed by atoms with Gasteiger partial charge in [0.15, 0.2) is 0 Å². The van der Waals surface area contributed by atoms with E-state index in [-0.39, 0.29) is 0 Å². The van der Waals surface area contributed by atoms with Crippen molar-refractivity contribution in [3.05, 3.63) is 53.1 Å². The van der Waals surface area contributed by atoms with Crippen LogP contribution in [0.5, 0.6) is 17.2 Å². The highest BCUT2D eigenvalue weighted by molar-refractivity contribution is 6.65. The highest BCUT2D eigenvalue weighted by atomic mass is 35.5. The molecule has 0 N–H and O–H groups in total. The molecule has 1 unspecified atom stereocenters. The van der Waals surface area contributed by atoms with Crippen LogP contribution in [0.25, 0.3) is 0 Å². The topological polar surface area (TPSA) is 52.6 Å². The third kappa shape index (κ3) is 2.57. The minimum atomic E-state index is -0.590. The maximum absolute atomic E-state index is 11.9. The number of carbonyl (C=O) groups is 2. The van der Waals surface area contributed by atoms with E-state index in [1.54, 1.807) is 18.2 Å². The molecule has 1 aliphatic heterocycles. The molecule has 1 atom stereocenters. The van der Waals surface area contributed by atoms with Crippen molar-refractivity contribution in [2.45, 2.75) is 19.8 Å². The average Bonchev–Trinajstić information content (AvgIpc) is 2.43. The van der Waals surface area contributed by atoms with Crippen LogP contribution in [0, 0.1) is 6.92 Å². The standard InChI is InChI=1S/C17H13ClO4/c1-9-3-5-12-14(7-9)22-15-8-11(21-10(2)19)4-6-13(15)16(12)17(18)20/h3-8,16H,1-2H3. The van der Waals surface area contributed by atoms with Gasteiger partial charge in [-0.25, -0.2) is 0 Å². The number of hydrogen-bond donors (Lipinski definition) is 0. The molecule has 3 rings (SSSR count). The zero-order valence-corrected chi connectivity index (χ0v) is 12.8. The Labute approximate surface area is 132 Å². The molecule has 0 amide bonds. The summed E-state index contributed by atoms with van der Waals surface area (Å²) in [4.78, 5) is 23.0. The maximum Gasteiger partial charge on any atom is 0.308 e. The van der Waals surface area contributed by atoms with Crippen LogP contribution in [-0.2, 0) is 9.59 Å². The van der Waals surface area contributed by atoms with Crippen LogP contribution in [0.4, 0.5) is 0 Å². The van der Waals surface area contributed by atoms with Gasteiger partial charge in [-0.3, -0.25) is 9.59 Å². The number of halogens is 1. The Morgan fingerprint density at radius 2 is 1.73 bits per heavy atom. The molecule has 112 valence electrons. The number of esters is 1. The van der Waals surface area contributed by atoms with Crippen molar-refractivity contribution in [2.24, 2.45) is 0 Å². The monoisotopic (exact) mass is 316 g/mol. The summed E-state index contributed by atoms with van der Waals surface area (Å²) in [7, 11) is 0. The number of benzene rings is 2. The van der Waals surface area contributed by atoms with Gasteiger partial charge >= 0.3 is 5.97 Å². The fourth-order valence-corrected chi connectivity index (χ4v) is 2.81. The van der Waals surface area contributed by atoms with E-state index in [4.69, 9.17) is 21.1 Å². The number of hydrogen-bond acceptors (Lipinski definition) is 4. The lowest BCUT2D eigenvalue weighted by molar-refractivity contribution is -0.131. The molecule has 1 aliphatic rings. The predicted molar refractivity (Wildman–Crippen MR) is 81.7 cm³/mol. The van der Waals surface area contributed by atoms with Gasteiger partial charge in [0.25, 0.3) is 0 Å². The Morgan fingerprint density at radius 1 is 1.09 bits per heavy atom. The normalized spacial score (nSPS) is 15.3. The van der Waals surface area contributed by atoms with Crippen molar-refractivity contribution in [3.63, 3.8) is 0 Å². The maximum atomic E-state index is 11.9. The van der Waals surface area contributed by atoms with Crippen molar-refractivity contribution in [3.8, 4) is 17.2 Å². The molecule has 0 spiro atoms. The molecule has 0 fully saturated rings. The van der Waals surface area contributed by atoms with Gasteiger partial charge in [-0.1, -0.05) is 18.2 Å². The number of carbonyl (C=O) groups excluding carboxylic acids is 2. The van der Waals surface area contributed by atoms with Crippen molar-refractivity contribution in [2.75, 3.05) is 0 Å². The largest absolute Gasteiger partial charge is 0.457 e. The van der Waals surface area contributed by atoms with Crippen LogP contribution in [0.1, 0.15) is 29.5 Å². The van der Waals surface area contributed by atoms with Gasteiger partial charge in [-0.2, -0.15) is 0 Å². The molecule has 5 heteroatoms. The summed E-state index contributed by atoms with van der Waals surface area (Å²) in [5.74, 6) is 0.412. The molecular formula is C17H13ClO4. The zero-order chi connectivity index (χ0) is 15.9. The summed E-state index contributed by atoms with van der Waals surface area (Å²) in [6.45, 7) is 3.26. The fraction of sp³-hybridized carbons (Fsp3) is 0.176. The van der Waals surface area contributed by atoms with E-state index in [2.05, 4.69) is 0 Å². The molecule has 0 bridgehead atoms. The number of fused-ring (bicyclic) bond motifs is 2. The molecule has 0 radical (unpaired) electrons. The van der Waals surface area contributed by atoms with E-state index >= 15 is 0 Å². The second-order valence-corrected chi connectivity index (χ2v) is 5.55. The Hall–Kier alpha value is -2.33. The second kappa shape index (κ2) is 5.46. The molecule has 0 saturated carbocycles. The Kier molecular flexibility index (Phi) is 3.62. The molecule has 1 heterocycles. The predicted octanol–water partition coefficient (Wildman–Crippen LogP) is 3.92. The number of rotatable bonds is 2. The van der Waals surface area contributed by atoms with Crippen LogP contribution in [0.3, 0.4) is 0 Å². The molecule has 0 saturated heterocycles. The lowest BCUT2D eigenvalue weighted by Crippen LogP contribution is -2.15. The molecule has 0 aromatic heterocycles. The minimum Gasteiger partial charge on any atom is -0.457 e. The van der Waals surface area contributed by atoms with Crippen molar-refractivity contribution in [1.29, 1.82) is 0 Å². The van der Waals surface area contributed by atoms with Gasteiger partial charge in [0, 0.05) is 24.1 Å². The SMILES string of the molecule is CC(=O)Oc1ccc2c(c1)Oc1cc(C)ccc1C2C(=O)Cl. The fourth-order valence-electron chi connectivity index (χ4n) is 2.57. The summed E-state index contributed by atoms with van der Waals surface area (Å²) in [6, 6.07) is 10.5. The summed E-state index contributed by atoms with van der Waals surface area (Å²) in [5, 5.41) is -0.477. The van der Waals surface area contributed by atoms with Gasteiger partial charge in [0.05, 0.1) is 5.92 Å². The van der Waals surface area contributed by atoms with E-state index in [1.807, 2.05) is 25.1 Å². The quantitative estimate of drug-likeness (QED) is 0.478. The van der Waals surface area contributed by atoms with Crippen LogP contribution in [0.2, 0.25) is 0 Å². The Balaban J connectivity index is 2.12. The summed E-state index contributed by atoms with van der Waals surface area (Å²) in [6.07, 6.45) is 0. The van der Waals surface area contributed by atoms with Crippen LogP contribution in [0.15, 0.2) is 36.4 Å². The average molecular weight is 317 g/mol. The second-order valence-electron chi connectivity index (χ2n) is 5.17. The molecule has 2 aromatic carbocycles. The highest BCUT2D eigenvalue weighted by Crippen LogP contribution is 2.46. The van der Waals surface area contributed by atoms with Crippen LogP contribution < -0.4 is 9.47 Å². The third-order valence-electron chi connectivity index (χ3n) is 3.48. The van der Waals surface area contributed by atoms with Gasteiger partial charge in [0.2, 0.25) is 5.24 Å². The van der Waals surface area contributed by atoms with E-state index in [1.165, 1.54) is 6.92 Å². The van der Waals surface area contributed by atoms with Gasteiger partial charge in [-0.05, 0) is 36.2 Å². The highest BCUT2D eigenvalue weighted by Gasteiger charge is 2.32. The van der Waals surface area contributed by atoms with E-state index < -0.39 is 17.1 Å². The van der Waals surface area contributed by atoms with Gasteiger partial charge in [-0.15, -0.1) is 0 Å². The molecule has 22 heavy (non-hydrogen) atoms. The summed E-state index contributed by atoms with van der Waals surface area (Å²) in [5.41, 5.74) is 2.41. The van der Waals surface area contributed by atoms with Crippen molar-refractivity contribution < 1.29 is 19.1 Å². The Bertz CT molecular complexity index is 782. The minimum absolute atomic E-state index is 0.364. The van der Waals surface area contributed by atoms with Crippen LogP contribution >= 0.6 is 11.6 Å². The number of aryl methyl sites for hydroxylation is 1. The Morgan fingerprint density at radius 3 is 2.36 bits per heavy atom. The smallest absolute Gasteiger partial charge is 0.308 e. The molecular weight excluding hydrogens is 304 g/mol. The van der Waals surface area contributed by atoms with E-state index in [0.717, 1.165) is 11.1 Å². The first-order chi connectivity index (χ1) is 10.5. The zero-order valence-electron chi connectivity index (χ0n) is 12.1. The van der Waals surface area contributed by atoms with Crippen molar-refractivity contribution in [1.82, 2.24) is 0 Å². The van der Waals surface area contributed by atoms with Crippen LogP contribution in [-0.4, -0.2) is 11.2 Å². The molecule has 4 nitrogen and oxygen atoms in total. The first-order valence-corrected chi connectivity index (χ1v) is 7.13. The van der Waals surface area contributed by atoms with Gasteiger partial charge < -0.3 is 9.47 Å². The lowest BCUT2D eigenvalue weighted by Gasteiger charge is -2.26. The summed E-state index contributed by atoms with van der Waals surface area (Å²) >= 11 is 5.80. The number of ether oxygens (including phenoxy) is 2. The van der Waals surface area contributed by atoms with Gasteiger partial charge in [0.1, 0.15) is 17.2 Å². The molecule has 2 aromatic rings. The van der Waals surface area contributed by atoms with E-state index in [0.29, 0.717) is 22.8 Å². The van der Waals surface area contributed by atoms with E-state index in [9.17, 15) is 9.59 Å². The van der Waals surface area contributed by atoms with Crippen molar-refractivity contribution >= 4 is 22.8 Å². The summed E-state index contributed by atoms with van der Waals surface area (Å²) < 4.78 is 10.9. The lowest BCUT2D eigenvalue weighted by atomic mass is 9.88. The molecule has 0 aliphatic carbocycles.